The fourth-order valence-electron chi connectivity index (χ4n) is 2.13. The van der Waals surface area contributed by atoms with Gasteiger partial charge in [-0.3, -0.25) is 0 Å². The van der Waals surface area contributed by atoms with Crippen molar-refractivity contribution in [2.75, 3.05) is 25.2 Å². The predicted molar refractivity (Wildman–Crippen MR) is 66.8 cm³/mol. The van der Waals surface area contributed by atoms with Crippen molar-refractivity contribution in [3.8, 4) is 0 Å². The topological polar surface area (TPSA) is 69.4 Å². The highest BCUT2D eigenvalue weighted by Crippen LogP contribution is 2.29. The van der Waals surface area contributed by atoms with E-state index in [1.807, 2.05) is 6.07 Å². The fraction of sp³-hybridized carbons (Fsp3) is 0.500. The number of rotatable bonds is 2. The second kappa shape index (κ2) is 4.66. The van der Waals surface area contributed by atoms with Crippen molar-refractivity contribution in [2.45, 2.75) is 23.7 Å². The summed E-state index contributed by atoms with van der Waals surface area (Å²) in [5, 5.41) is 0. The lowest BCUT2D eigenvalue weighted by molar-refractivity contribution is 0.0804. The normalized spacial score (nSPS) is 21.4. The molecule has 1 atom stereocenters. The van der Waals surface area contributed by atoms with Gasteiger partial charge in [0.05, 0.1) is 17.2 Å². The number of ether oxygens (including phenoxy) is 1. The maximum Gasteiger partial charge on any atom is 0.177 e. The third-order valence-electron chi connectivity index (χ3n) is 3.07. The van der Waals surface area contributed by atoms with Crippen LogP contribution in [0.4, 0.5) is 5.69 Å². The molecule has 0 amide bonds. The standard InChI is InChI=1S/C12H17NO3S/c1-17(14,15)12-7-9(4-5-11(12)13)10-3-2-6-16-8-10/h4-5,7,10H,2-3,6,8,13H2,1H3/t10-/m0/s1. The van der Waals surface area contributed by atoms with Gasteiger partial charge in [0, 0.05) is 18.8 Å². The highest BCUT2D eigenvalue weighted by Gasteiger charge is 2.19. The van der Waals surface area contributed by atoms with Gasteiger partial charge in [0.1, 0.15) is 0 Å². The SMILES string of the molecule is CS(=O)(=O)c1cc([C@H]2CCCOC2)ccc1N. The molecule has 2 N–H and O–H groups in total. The number of nitrogens with two attached hydrogens (primary N) is 1. The van der Waals surface area contributed by atoms with Gasteiger partial charge in [0.2, 0.25) is 0 Å². The lowest BCUT2D eigenvalue weighted by atomic mass is 9.93. The van der Waals surface area contributed by atoms with Gasteiger partial charge in [-0.1, -0.05) is 6.07 Å². The highest BCUT2D eigenvalue weighted by atomic mass is 32.2. The smallest absolute Gasteiger partial charge is 0.177 e. The van der Waals surface area contributed by atoms with E-state index in [0.29, 0.717) is 12.3 Å². The van der Waals surface area contributed by atoms with Crippen LogP contribution in [-0.4, -0.2) is 27.9 Å². The molecule has 2 rings (SSSR count). The first-order valence-corrected chi connectivity index (χ1v) is 7.55. The molecule has 4 nitrogen and oxygen atoms in total. The average molecular weight is 255 g/mol. The Hall–Kier alpha value is -1.07. The number of sulfone groups is 1. The van der Waals surface area contributed by atoms with Gasteiger partial charge in [-0.2, -0.15) is 0 Å². The zero-order valence-electron chi connectivity index (χ0n) is 9.85. The van der Waals surface area contributed by atoms with Crippen LogP contribution in [0, 0.1) is 0 Å². The first-order valence-electron chi connectivity index (χ1n) is 5.65. The lowest BCUT2D eigenvalue weighted by Crippen LogP contribution is -2.16. The van der Waals surface area contributed by atoms with Gasteiger partial charge in [0.15, 0.2) is 9.84 Å². The minimum absolute atomic E-state index is 0.223. The van der Waals surface area contributed by atoms with E-state index in [-0.39, 0.29) is 10.8 Å². The molecular weight excluding hydrogens is 238 g/mol. The van der Waals surface area contributed by atoms with E-state index in [1.165, 1.54) is 6.26 Å². The van der Waals surface area contributed by atoms with Crippen LogP contribution in [0.2, 0.25) is 0 Å². The molecule has 1 aromatic carbocycles. The van der Waals surface area contributed by atoms with Gasteiger partial charge in [0.25, 0.3) is 0 Å². The molecule has 1 aliphatic rings. The number of anilines is 1. The van der Waals surface area contributed by atoms with E-state index in [2.05, 4.69) is 0 Å². The van der Waals surface area contributed by atoms with Crippen LogP contribution in [-0.2, 0) is 14.6 Å². The molecule has 0 saturated carbocycles. The molecular formula is C12H17NO3S. The Morgan fingerprint density at radius 3 is 2.76 bits per heavy atom. The summed E-state index contributed by atoms with van der Waals surface area (Å²) in [4.78, 5) is 0.223. The van der Waals surface area contributed by atoms with Crippen molar-refractivity contribution in [1.29, 1.82) is 0 Å². The molecule has 0 aliphatic carbocycles. The molecule has 94 valence electrons. The van der Waals surface area contributed by atoms with E-state index < -0.39 is 9.84 Å². The summed E-state index contributed by atoms with van der Waals surface area (Å²) in [6, 6.07) is 5.24. The van der Waals surface area contributed by atoms with Crippen LogP contribution in [0.3, 0.4) is 0 Å². The quantitative estimate of drug-likeness (QED) is 0.814. The van der Waals surface area contributed by atoms with Crippen molar-refractivity contribution in [2.24, 2.45) is 0 Å². The molecule has 0 spiro atoms. The van der Waals surface area contributed by atoms with Crippen LogP contribution in [0.5, 0.6) is 0 Å². The van der Waals surface area contributed by atoms with Crippen LogP contribution in [0.25, 0.3) is 0 Å². The number of nitrogen functional groups attached to an aromatic ring is 1. The Morgan fingerprint density at radius 1 is 1.41 bits per heavy atom. The summed E-state index contributed by atoms with van der Waals surface area (Å²) in [5.74, 6) is 0.282. The molecule has 1 heterocycles. The van der Waals surface area contributed by atoms with Gasteiger partial charge < -0.3 is 10.5 Å². The van der Waals surface area contributed by atoms with E-state index >= 15 is 0 Å². The predicted octanol–water partition coefficient (Wildman–Crippen LogP) is 1.57. The largest absolute Gasteiger partial charge is 0.398 e. The Kier molecular flexibility index (Phi) is 3.40. The van der Waals surface area contributed by atoms with Crippen molar-refractivity contribution in [3.63, 3.8) is 0 Å². The molecule has 1 aromatic rings. The first-order chi connectivity index (χ1) is 7.98. The maximum absolute atomic E-state index is 11.6. The summed E-state index contributed by atoms with van der Waals surface area (Å²) in [6.07, 6.45) is 3.23. The van der Waals surface area contributed by atoms with Crippen molar-refractivity contribution in [3.05, 3.63) is 23.8 Å². The molecule has 0 unspecified atom stereocenters. The third-order valence-corrected chi connectivity index (χ3v) is 4.22. The minimum Gasteiger partial charge on any atom is -0.398 e. The third kappa shape index (κ3) is 2.79. The monoisotopic (exact) mass is 255 g/mol. The van der Waals surface area contributed by atoms with Gasteiger partial charge in [-0.15, -0.1) is 0 Å². The van der Waals surface area contributed by atoms with Crippen LogP contribution in [0.15, 0.2) is 23.1 Å². The number of benzene rings is 1. The Bertz CT molecular complexity index is 504. The van der Waals surface area contributed by atoms with Crippen LogP contribution < -0.4 is 5.73 Å². The molecule has 1 saturated heterocycles. The van der Waals surface area contributed by atoms with Gasteiger partial charge in [-0.25, -0.2) is 8.42 Å². The molecule has 0 aromatic heterocycles. The van der Waals surface area contributed by atoms with E-state index in [4.69, 9.17) is 10.5 Å². The number of hydrogen-bond donors (Lipinski definition) is 1. The summed E-state index contributed by atoms with van der Waals surface area (Å²) in [5.41, 5.74) is 7.01. The molecule has 1 fully saturated rings. The zero-order valence-corrected chi connectivity index (χ0v) is 10.7. The molecule has 0 radical (unpaired) electrons. The Balaban J connectivity index is 2.37. The van der Waals surface area contributed by atoms with Crippen molar-refractivity contribution < 1.29 is 13.2 Å². The highest BCUT2D eigenvalue weighted by molar-refractivity contribution is 7.90. The second-order valence-corrected chi connectivity index (χ2v) is 6.47. The summed E-state index contributed by atoms with van der Waals surface area (Å²) < 4.78 is 28.6. The summed E-state index contributed by atoms with van der Waals surface area (Å²) in [6.45, 7) is 1.46. The average Bonchev–Trinajstić information content (AvgIpc) is 2.29. The van der Waals surface area contributed by atoms with Gasteiger partial charge in [-0.05, 0) is 30.5 Å². The summed E-state index contributed by atoms with van der Waals surface area (Å²) in [7, 11) is -3.26. The molecule has 5 heteroatoms. The first kappa shape index (κ1) is 12.4. The maximum atomic E-state index is 11.6. The van der Waals surface area contributed by atoms with Gasteiger partial charge >= 0.3 is 0 Å². The lowest BCUT2D eigenvalue weighted by Gasteiger charge is -2.23. The van der Waals surface area contributed by atoms with E-state index in [0.717, 1.165) is 25.0 Å². The Labute approximate surface area is 102 Å². The van der Waals surface area contributed by atoms with Crippen molar-refractivity contribution >= 4 is 15.5 Å². The zero-order chi connectivity index (χ0) is 12.5. The van der Waals surface area contributed by atoms with Crippen LogP contribution in [0.1, 0.15) is 24.3 Å². The van der Waals surface area contributed by atoms with Crippen LogP contribution >= 0.6 is 0 Å². The molecule has 17 heavy (non-hydrogen) atoms. The Morgan fingerprint density at radius 2 is 2.18 bits per heavy atom. The molecule has 0 bridgehead atoms. The second-order valence-electron chi connectivity index (χ2n) is 4.48. The van der Waals surface area contributed by atoms with E-state index in [1.54, 1.807) is 12.1 Å². The fourth-order valence-corrected chi connectivity index (χ4v) is 2.98. The molecule has 1 aliphatic heterocycles. The number of hydrogen-bond acceptors (Lipinski definition) is 4. The van der Waals surface area contributed by atoms with E-state index in [9.17, 15) is 8.42 Å². The summed E-state index contributed by atoms with van der Waals surface area (Å²) >= 11 is 0. The minimum atomic E-state index is -3.26. The van der Waals surface area contributed by atoms with Crippen molar-refractivity contribution in [1.82, 2.24) is 0 Å².